The molecule has 1 aliphatic rings. The average Bonchev–Trinajstić information content (AvgIpc) is 2.83. The van der Waals surface area contributed by atoms with Gasteiger partial charge in [0.15, 0.2) is 0 Å². The molecule has 0 bridgehead atoms. The Balaban J connectivity index is 1.35. The Kier molecular flexibility index (Phi) is 7.68. The van der Waals surface area contributed by atoms with Crippen LogP contribution in [-0.4, -0.2) is 55.4 Å². The van der Waals surface area contributed by atoms with E-state index in [0.717, 1.165) is 53.8 Å². The summed E-state index contributed by atoms with van der Waals surface area (Å²) in [6.07, 6.45) is -1.89. The predicted octanol–water partition coefficient (Wildman–Crippen LogP) is 5.54. The fraction of sp³-hybridized carbons (Fsp3) is 0.407. The first-order valence-electron chi connectivity index (χ1n) is 12.0. The number of ether oxygens (including phenoxy) is 1. The number of amides is 1. The number of hydrogen-bond acceptors (Lipinski definition) is 5. The normalized spacial score (nSPS) is 14.9. The van der Waals surface area contributed by atoms with E-state index >= 15 is 0 Å². The fourth-order valence-electron chi connectivity index (χ4n) is 4.57. The molecular weight excluding hydrogens is 469 g/mol. The van der Waals surface area contributed by atoms with E-state index in [0.29, 0.717) is 18.2 Å². The molecule has 6 nitrogen and oxygen atoms in total. The lowest BCUT2D eigenvalue weighted by molar-refractivity contribution is -0.274. The SMILES string of the molecule is Cc1cc(N2CCC(N(C)C)CC2)nc2ccc(NC(=O)CCc3ccc(OC(F)(F)F)cc3)cc12. The van der Waals surface area contributed by atoms with Gasteiger partial charge in [-0.1, -0.05) is 12.1 Å². The molecule has 3 aromatic rings. The minimum absolute atomic E-state index is 0.170. The summed E-state index contributed by atoms with van der Waals surface area (Å²) in [6, 6.07) is 14.0. The third-order valence-electron chi connectivity index (χ3n) is 6.60. The second kappa shape index (κ2) is 10.7. The van der Waals surface area contributed by atoms with Crippen LogP contribution in [-0.2, 0) is 11.2 Å². The molecule has 1 amide bonds. The molecule has 36 heavy (non-hydrogen) atoms. The summed E-state index contributed by atoms with van der Waals surface area (Å²) in [5.74, 6) is 0.536. The summed E-state index contributed by atoms with van der Waals surface area (Å²) in [5.41, 5.74) is 3.42. The molecule has 4 rings (SSSR count). The molecule has 0 spiro atoms. The number of nitrogens with one attached hydrogen (secondary N) is 1. The molecule has 1 fully saturated rings. The maximum atomic E-state index is 12.5. The van der Waals surface area contributed by atoms with E-state index in [1.165, 1.54) is 24.3 Å². The van der Waals surface area contributed by atoms with E-state index in [-0.39, 0.29) is 18.1 Å². The van der Waals surface area contributed by atoms with E-state index in [1.807, 2.05) is 18.2 Å². The maximum absolute atomic E-state index is 12.5. The summed E-state index contributed by atoms with van der Waals surface area (Å²) in [6.45, 7) is 4.01. The average molecular weight is 501 g/mol. The summed E-state index contributed by atoms with van der Waals surface area (Å²) in [5, 5.41) is 3.90. The van der Waals surface area contributed by atoms with Crippen molar-refractivity contribution in [2.45, 2.75) is 45.0 Å². The Morgan fingerprint density at radius 3 is 2.44 bits per heavy atom. The molecule has 0 unspecified atom stereocenters. The van der Waals surface area contributed by atoms with Crippen molar-refractivity contribution in [1.82, 2.24) is 9.88 Å². The molecule has 192 valence electrons. The number of carbonyl (C=O) groups is 1. The number of halogens is 3. The van der Waals surface area contributed by atoms with Crippen LogP contribution in [0.4, 0.5) is 24.7 Å². The van der Waals surface area contributed by atoms with E-state index < -0.39 is 6.36 Å². The van der Waals surface area contributed by atoms with E-state index in [9.17, 15) is 18.0 Å². The number of nitrogens with zero attached hydrogens (tertiary/aromatic N) is 3. The van der Waals surface area contributed by atoms with Crippen molar-refractivity contribution in [2.24, 2.45) is 0 Å². The summed E-state index contributed by atoms with van der Waals surface area (Å²) < 4.78 is 40.7. The standard InChI is InChI=1S/C27H31F3N4O2/c1-18-16-25(34-14-12-21(13-15-34)33(2)3)32-24-10-7-20(17-23(18)24)31-26(35)11-6-19-4-8-22(9-5-19)36-27(28,29)30/h4-5,7-10,16-17,21H,6,11-15H2,1-3H3,(H,31,35). The minimum Gasteiger partial charge on any atom is -0.406 e. The predicted molar refractivity (Wildman–Crippen MR) is 135 cm³/mol. The van der Waals surface area contributed by atoms with Gasteiger partial charge in [0, 0.05) is 36.6 Å². The Labute approximate surface area is 209 Å². The zero-order valence-corrected chi connectivity index (χ0v) is 20.7. The molecule has 1 aliphatic heterocycles. The van der Waals surface area contributed by atoms with Crippen LogP contribution in [0.5, 0.6) is 5.75 Å². The van der Waals surface area contributed by atoms with Crippen LogP contribution in [0.25, 0.3) is 10.9 Å². The zero-order chi connectivity index (χ0) is 25.9. The van der Waals surface area contributed by atoms with Crippen molar-refractivity contribution in [3.8, 4) is 5.75 Å². The van der Waals surface area contributed by atoms with Crippen molar-refractivity contribution in [2.75, 3.05) is 37.4 Å². The Hall–Kier alpha value is -3.33. The van der Waals surface area contributed by atoms with Gasteiger partial charge in [-0.25, -0.2) is 4.98 Å². The van der Waals surface area contributed by atoms with Gasteiger partial charge in [-0.05, 0) is 87.8 Å². The first-order valence-corrected chi connectivity index (χ1v) is 12.0. The Bertz CT molecular complexity index is 1200. The number of pyridine rings is 1. The number of hydrogen-bond donors (Lipinski definition) is 1. The number of aromatic nitrogens is 1. The molecular formula is C27H31F3N4O2. The number of aryl methyl sites for hydroxylation is 2. The third-order valence-corrected chi connectivity index (χ3v) is 6.60. The number of rotatable bonds is 7. The second-order valence-corrected chi connectivity index (χ2v) is 9.45. The van der Waals surface area contributed by atoms with Crippen LogP contribution in [0.15, 0.2) is 48.5 Å². The zero-order valence-electron chi connectivity index (χ0n) is 20.7. The van der Waals surface area contributed by atoms with Gasteiger partial charge < -0.3 is 19.9 Å². The van der Waals surface area contributed by atoms with E-state index in [1.54, 1.807) is 0 Å². The lowest BCUT2D eigenvalue weighted by atomic mass is 10.0. The molecule has 0 atom stereocenters. The van der Waals surface area contributed by atoms with Crippen LogP contribution >= 0.6 is 0 Å². The summed E-state index contributed by atoms with van der Waals surface area (Å²) in [7, 11) is 4.26. The van der Waals surface area contributed by atoms with Gasteiger partial charge in [0.25, 0.3) is 0 Å². The first-order chi connectivity index (χ1) is 17.1. The molecule has 1 N–H and O–H groups in total. The fourth-order valence-corrected chi connectivity index (χ4v) is 4.57. The summed E-state index contributed by atoms with van der Waals surface area (Å²) in [4.78, 5) is 22.0. The number of alkyl halides is 3. The molecule has 0 aliphatic carbocycles. The van der Waals surface area contributed by atoms with Gasteiger partial charge >= 0.3 is 6.36 Å². The molecule has 2 heterocycles. The van der Waals surface area contributed by atoms with Gasteiger partial charge in [-0.3, -0.25) is 4.79 Å². The smallest absolute Gasteiger partial charge is 0.406 e. The molecule has 1 saturated heterocycles. The van der Waals surface area contributed by atoms with E-state index in [2.05, 4.69) is 46.9 Å². The van der Waals surface area contributed by atoms with Crippen LogP contribution in [0.3, 0.4) is 0 Å². The van der Waals surface area contributed by atoms with Crippen molar-refractivity contribution in [1.29, 1.82) is 0 Å². The van der Waals surface area contributed by atoms with Crippen molar-refractivity contribution in [3.05, 3.63) is 59.7 Å². The topological polar surface area (TPSA) is 57.7 Å². The van der Waals surface area contributed by atoms with Crippen molar-refractivity contribution >= 4 is 28.3 Å². The number of anilines is 2. The number of piperidine rings is 1. The lowest BCUT2D eigenvalue weighted by Gasteiger charge is -2.36. The Morgan fingerprint density at radius 2 is 1.81 bits per heavy atom. The highest BCUT2D eigenvalue weighted by Gasteiger charge is 2.31. The van der Waals surface area contributed by atoms with Crippen LogP contribution < -0.4 is 15.0 Å². The number of carbonyl (C=O) groups excluding carboxylic acids is 1. The molecule has 0 saturated carbocycles. The van der Waals surface area contributed by atoms with Gasteiger partial charge in [0.1, 0.15) is 11.6 Å². The second-order valence-electron chi connectivity index (χ2n) is 9.45. The molecule has 2 aromatic carbocycles. The largest absolute Gasteiger partial charge is 0.573 e. The first kappa shape index (κ1) is 25.8. The van der Waals surface area contributed by atoms with Crippen LogP contribution in [0.2, 0.25) is 0 Å². The monoisotopic (exact) mass is 500 g/mol. The summed E-state index contributed by atoms with van der Waals surface area (Å²) >= 11 is 0. The minimum atomic E-state index is -4.72. The molecule has 0 radical (unpaired) electrons. The van der Waals surface area contributed by atoms with Gasteiger partial charge in [-0.15, -0.1) is 13.2 Å². The highest BCUT2D eigenvalue weighted by molar-refractivity contribution is 5.94. The third kappa shape index (κ3) is 6.66. The van der Waals surface area contributed by atoms with Crippen molar-refractivity contribution in [3.63, 3.8) is 0 Å². The van der Waals surface area contributed by atoms with E-state index in [4.69, 9.17) is 4.98 Å². The Morgan fingerprint density at radius 1 is 1.11 bits per heavy atom. The van der Waals surface area contributed by atoms with Gasteiger partial charge in [-0.2, -0.15) is 0 Å². The van der Waals surface area contributed by atoms with Crippen LogP contribution in [0, 0.1) is 6.92 Å². The lowest BCUT2D eigenvalue weighted by Crippen LogP contribution is -2.42. The van der Waals surface area contributed by atoms with Gasteiger partial charge in [0.2, 0.25) is 5.91 Å². The highest BCUT2D eigenvalue weighted by atomic mass is 19.4. The van der Waals surface area contributed by atoms with Crippen molar-refractivity contribution < 1.29 is 22.7 Å². The number of benzene rings is 2. The van der Waals surface area contributed by atoms with Crippen LogP contribution in [0.1, 0.15) is 30.4 Å². The molecule has 1 aromatic heterocycles. The number of fused-ring (bicyclic) bond motifs is 1. The maximum Gasteiger partial charge on any atom is 0.573 e. The van der Waals surface area contributed by atoms with Gasteiger partial charge in [0.05, 0.1) is 5.52 Å². The highest BCUT2D eigenvalue weighted by Crippen LogP contribution is 2.28. The quantitative estimate of drug-likeness (QED) is 0.462. The molecule has 9 heteroatoms.